The minimum atomic E-state index is -0.0123. The first-order valence-corrected chi connectivity index (χ1v) is 10.4. The van der Waals surface area contributed by atoms with Gasteiger partial charge in [0.2, 0.25) is 0 Å². The van der Waals surface area contributed by atoms with Gasteiger partial charge < -0.3 is 14.6 Å². The average molecular weight is 524 g/mol. The van der Waals surface area contributed by atoms with Gasteiger partial charge in [0.1, 0.15) is 12.4 Å². The summed E-state index contributed by atoms with van der Waals surface area (Å²) >= 11 is 0. The summed E-state index contributed by atoms with van der Waals surface area (Å²) in [5.41, 5.74) is 4.41. The second-order valence-corrected chi connectivity index (χ2v) is 7.49. The molecule has 34 heavy (non-hydrogen) atoms. The number of rotatable bonds is 9. The van der Waals surface area contributed by atoms with Gasteiger partial charge in [0.05, 0.1) is 5.52 Å². The van der Waals surface area contributed by atoms with Gasteiger partial charge in [0.25, 0.3) is 5.56 Å². The summed E-state index contributed by atoms with van der Waals surface area (Å²) in [7, 11) is 1.78. The summed E-state index contributed by atoms with van der Waals surface area (Å²) in [6.07, 6.45) is 7.40. The molecule has 0 radical (unpaired) electrons. The van der Waals surface area contributed by atoms with E-state index < -0.39 is 0 Å². The average Bonchev–Trinajstić information content (AvgIpc) is 2.81. The van der Waals surface area contributed by atoms with Crippen LogP contribution in [-0.2, 0) is 26.4 Å². The van der Waals surface area contributed by atoms with Crippen LogP contribution in [0.2, 0.25) is 0 Å². The molecule has 0 bridgehead atoms. The fraction of sp³-hybridized carbons (Fsp3) is 0.240. The number of nitrogens with one attached hydrogen (secondary N) is 1. The SMILES string of the molecule is Cl.Cl.Cl.Cn1c(=O)ccc2cc(OCCNCc3ccnc(CCc4cccnc4)c3)ccc21. The molecule has 0 aliphatic carbocycles. The van der Waals surface area contributed by atoms with Gasteiger partial charge >= 0.3 is 0 Å². The summed E-state index contributed by atoms with van der Waals surface area (Å²) in [5.74, 6) is 0.801. The van der Waals surface area contributed by atoms with Crippen LogP contribution in [0.3, 0.4) is 0 Å². The van der Waals surface area contributed by atoms with E-state index in [0.29, 0.717) is 6.61 Å². The number of ether oxygens (including phenoxy) is 1. The molecule has 0 unspecified atom stereocenters. The van der Waals surface area contributed by atoms with Crippen molar-refractivity contribution in [1.29, 1.82) is 0 Å². The first kappa shape index (κ1) is 29.4. The van der Waals surface area contributed by atoms with Gasteiger partial charge in [-0.15, -0.1) is 37.2 Å². The number of benzene rings is 1. The molecule has 0 spiro atoms. The van der Waals surface area contributed by atoms with E-state index in [0.717, 1.165) is 48.3 Å². The number of fused-ring (bicyclic) bond motifs is 1. The maximum Gasteiger partial charge on any atom is 0.250 e. The lowest BCUT2D eigenvalue weighted by Gasteiger charge is -2.10. The van der Waals surface area contributed by atoms with E-state index in [9.17, 15) is 4.79 Å². The number of pyridine rings is 3. The van der Waals surface area contributed by atoms with Crippen LogP contribution in [0.4, 0.5) is 0 Å². The van der Waals surface area contributed by atoms with Crippen LogP contribution in [0.1, 0.15) is 16.8 Å². The zero-order chi connectivity index (χ0) is 21.5. The molecule has 0 saturated carbocycles. The predicted octanol–water partition coefficient (Wildman–Crippen LogP) is 4.55. The summed E-state index contributed by atoms with van der Waals surface area (Å²) < 4.78 is 7.50. The monoisotopic (exact) mass is 522 g/mol. The highest BCUT2D eigenvalue weighted by atomic mass is 35.5. The molecule has 0 aliphatic heterocycles. The third-order valence-electron chi connectivity index (χ3n) is 5.25. The highest BCUT2D eigenvalue weighted by Crippen LogP contribution is 2.19. The molecule has 9 heteroatoms. The lowest BCUT2D eigenvalue weighted by atomic mass is 10.1. The molecule has 0 amide bonds. The quantitative estimate of drug-likeness (QED) is 0.326. The molecule has 3 heterocycles. The standard InChI is InChI=1S/C25H26N4O2.3ClH/c1-29-24-8-7-23(16-21(24)5-9-25(29)30)31-14-13-27-18-20-10-12-28-22(15-20)6-4-19-3-2-11-26-17-19;;;/h2-3,5,7-12,15-17,27H,4,6,13-14,18H2,1H3;3*1H. The minimum absolute atomic E-state index is 0. The molecule has 3 aromatic heterocycles. The molecular formula is C25H29Cl3N4O2. The summed E-state index contributed by atoms with van der Waals surface area (Å²) in [4.78, 5) is 20.4. The second kappa shape index (κ2) is 14.6. The van der Waals surface area contributed by atoms with Gasteiger partial charge in [0.15, 0.2) is 0 Å². The number of halogens is 3. The van der Waals surface area contributed by atoms with Crippen molar-refractivity contribution in [2.75, 3.05) is 13.2 Å². The lowest BCUT2D eigenvalue weighted by molar-refractivity contribution is 0.314. The van der Waals surface area contributed by atoms with E-state index in [4.69, 9.17) is 4.74 Å². The molecule has 4 rings (SSSR count). The first-order chi connectivity index (χ1) is 15.2. The Labute approximate surface area is 218 Å². The first-order valence-electron chi connectivity index (χ1n) is 10.4. The molecule has 0 aliphatic rings. The highest BCUT2D eigenvalue weighted by molar-refractivity contribution is 5.86. The second-order valence-electron chi connectivity index (χ2n) is 7.49. The summed E-state index contributed by atoms with van der Waals surface area (Å²) in [5, 5.41) is 4.41. The normalized spacial score (nSPS) is 10.0. The predicted molar refractivity (Wildman–Crippen MR) is 144 cm³/mol. The van der Waals surface area contributed by atoms with E-state index in [1.54, 1.807) is 23.9 Å². The Balaban J connectivity index is 0.00000193. The van der Waals surface area contributed by atoms with Gasteiger partial charge in [0, 0.05) is 55.9 Å². The van der Waals surface area contributed by atoms with E-state index in [1.165, 1.54) is 11.1 Å². The molecular weight excluding hydrogens is 495 g/mol. The molecule has 0 saturated heterocycles. The van der Waals surface area contributed by atoms with Crippen molar-refractivity contribution in [3.63, 3.8) is 0 Å². The van der Waals surface area contributed by atoms with Crippen molar-refractivity contribution in [1.82, 2.24) is 19.9 Å². The van der Waals surface area contributed by atoms with Crippen molar-refractivity contribution < 1.29 is 4.74 Å². The van der Waals surface area contributed by atoms with E-state index in [-0.39, 0.29) is 42.8 Å². The van der Waals surface area contributed by atoms with Crippen molar-refractivity contribution in [3.8, 4) is 5.75 Å². The van der Waals surface area contributed by atoms with Crippen LogP contribution in [0, 0.1) is 0 Å². The Morgan fingerprint density at radius 1 is 0.941 bits per heavy atom. The van der Waals surface area contributed by atoms with Crippen molar-refractivity contribution in [2.24, 2.45) is 7.05 Å². The molecule has 1 N–H and O–H groups in total. The number of hydrogen-bond acceptors (Lipinski definition) is 5. The van der Waals surface area contributed by atoms with Crippen LogP contribution in [0.25, 0.3) is 10.9 Å². The Morgan fingerprint density at radius 2 is 1.79 bits per heavy atom. The maximum absolute atomic E-state index is 11.7. The molecule has 4 aromatic rings. The Kier molecular flexibility index (Phi) is 12.6. The lowest BCUT2D eigenvalue weighted by Crippen LogP contribution is -2.20. The van der Waals surface area contributed by atoms with E-state index in [2.05, 4.69) is 27.4 Å². The van der Waals surface area contributed by atoms with Crippen LogP contribution < -0.4 is 15.6 Å². The van der Waals surface area contributed by atoms with Crippen molar-refractivity contribution in [2.45, 2.75) is 19.4 Å². The van der Waals surface area contributed by atoms with Crippen molar-refractivity contribution >= 4 is 48.1 Å². The van der Waals surface area contributed by atoms with Gasteiger partial charge in [-0.25, -0.2) is 0 Å². The van der Waals surface area contributed by atoms with Crippen LogP contribution in [0.5, 0.6) is 5.75 Å². The zero-order valence-corrected chi connectivity index (χ0v) is 21.3. The fourth-order valence-electron chi connectivity index (χ4n) is 3.52. The highest BCUT2D eigenvalue weighted by Gasteiger charge is 2.03. The molecule has 182 valence electrons. The van der Waals surface area contributed by atoms with Crippen LogP contribution >= 0.6 is 37.2 Å². The minimum Gasteiger partial charge on any atom is -0.492 e. The van der Waals surface area contributed by atoms with E-state index >= 15 is 0 Å². The Bertz CT molecular complexity index is 1220. The van der Waals surface area contributed by atoms with E-state index in [1.807, 2.05) is 48.8 Å². The number of aromatic nitrogens is 3. The summed E-state index contributed by atoms with van der Waals surface area (Å²) in [6, 6.07) is 17.4. The zero-order valence-electron chi connectivity index (χ0n) is 18.8. The van der Waals surface area contributed by atoms with Crippen molar-refractivity contribution in [3.05, 3.63) is 100 Å². The number of nitrogens with zero attached hydrogens (tertiary/aromatic N) is 3. The Morgan fingerprint density at radius 3 is 2.59 bits per heavy atom. The third kappa shape index (κ3) is 7.99. The third-order valence-corrected chi connectivity index (χ3v) is 5.25. The van der Waals surface area contributed by atoms with Gasteiger partial charge in [-0.3, -0.25) is 14.8 Å². The van der Waals surface area contributed by atoms with Gasteiger partial charge in [-0.05, 0) is 66.4 Å². The molecule has 1 aromatic carbocycles. The maximum atomic E-state index is 11.7. The molecule has 0 fully saturated rings. The van der Waals surface area contributed by atoms with Crippen LogP contribution in [-0.4, -0.2) is 27.7 Å². The smallest absolute Gasteiger partial charge is 0.250 e. The topological polar surface area (TPSA) is 69.0 Å². The number of hydrogen-bond donors (Lipinski definition) is 1. The molecule has 6 nitrogen and oxygen atoms in total. The fourth-order valence-corrected chi connectivity index (χ4v) is 3.52. The van der Waals surface area contributed by atoms with Gasteiger partial charge in [-0.2, -0.15) is 0 Å². The van der Waals surface area contributed by atoms with Crippen LogP contribution in [0.15, 0.2) is 78.0 Å². The number of aryl methyl sites for hydroxylation is 3. The van der Waals surface area contributed by atoms with Gasteiger partial charge in [-0.1, -0.05) is 6.07 Å². The largest absolute Gasteiger partial charge is 0.492 e. The summed E-state index contributed by atoms with van der Waals surface area (Å²) in [6.45, 7) is 2.07. The Hall–Kier alpha value is -2.64. The molecule has 0 atom stereocenters.